The van der Waals surface area contributed by atoms with Crippen molar-refractivity contribution in [2.75, 3.05) is 26.2 Å². The first-order valence-corrected chi connectivity index (χ1v) is 12.3. The second-order valence-electron chi connectivity index (χ2n) is 7.54. The van der Waals surface area contributed by atoms with Gasteiger partial charge in [-0.2, -0.15) is 0 Å². The number of piperazine rings is 1. The maximum absolute atomic E-state index is 12.7. The summed E-state index contributed by atoms with van der Waals surface area (Å²) in [6.07, 6.45) is 14.0. The zero-order valence-electron chi connectivity index (χ0n) is 19.7. The summed E-state index contributed by atoms with van der Waals surface area (Å²) < 4.78 is 0. The van der Waals surface area contributed by atoms with Crippen molar-refractivity contribution in [3.63, 3.8) is 0 Å². The molecule has 0 aromatic carbocycles. The van der Waals surface area contributed by atoms with E-state index in [9.17, 15) is 19.8 Å². The molecule has 1 fully saturated rings. The van der Waals surface area contributed by atoms with Crippen molar-refractivity contribution in [2.45, 2.75) is 25.4 Å². The molecule has 192 valence electrons. The Morgan fingerprint density at radius 1 is 0.833 bits per heavy atom. The molecule has 2 aromatic rings. The third-order valence-corrected chi connectivity index (χ3v) is 7.35. The predicted molar refractivity (Wildman–Crippen MR) is 148 cm³/mol. The Bertz CT molecular complexity index is 1110. The number of thioether (sulfide) groups is 2. The molecule has 0 saturated carbocycles. The van der Waals surface area contributed by atoms with E-state index in [-0.39, 0.29) is 58.3 Å². The van der Waals surface area contributed by atoms with E-state index in [0.29, 0.717) is 59.8 Å². The maximum atomic E-state index is 12.7. The number of hydrogen-bond donors (Lipinski definition) is 2. The van der Waals surface area contributed by atoms with Crippen LogP contribution in [0, 0.1) is 38.5 Å². The monoisotopic (exact) mass is 568 g/mol. The van der Waals surface area contributed by atoms with Crippen LogP contribution in [0.5, 0.6) is 11.5 Å². The summed E-state index contributed by atoms with van der Waals surface area (Å²) in [5, 5.41) is 20.2. The Morgan fingerprint density at radius 3 is 1.47 bits per heavy atom. The summed E-state index contributed by atoms with van der Waals surface area (Å²) in [6.45, 7) is 4.94. The fraction of sp³-hybridized carbons (Fsp3) is 0.333. The van der Waals surface area contributed by atoms with E-state index in [1.165, 1.54) is 12.4 Å². The Labute approximate surface area is 231 Å². The molecule has 0 bridgehead atoms. The number of carbonyl (C=O) groups is 2. The molecule has 3 heterocycles. The second-order valence-corrected chi connectivity index (χ2v) is 9.39. The number of amides is 2. The molecular weight excluding hydrogens is 543 g/mol. The van der Waals surface area contributed by atoms with Gasteiger partial charge in [-0.1, -0.05) is 35.4 Å². The van der Waals surface area contributed by atoms with Gasteiger partial charge >= 0.3 is 0 Å². The summed E-state index contributed by atoms with van der Waals surface area (Å²) in [5.74, 6) is 5.45. The molecule has 36 heavy (non-hydrogen) atoms. The number of nitrogens with zero attached hydrogens (tertiary/aromatic N) is 4. The average Bonchev–Trinajstić information content (AvgIpc) is 2.85. The zero-order valence-corrected chi connectivity index (χ0v) is 23.0. The van der Waals surface area contributed by atoms with Gasteiger partial charge in [-0.15, -0.1) is 37.7 Å². The number of pyridine rings is 2. The van der Waals surface area contributed by atoms with Gasteiger partial charge in [0, 0.05) is 61.2 Å². The molecule has 0 spiro atoms. The molecule has 0 radical (unpaired) electrons. The van der Waals surface area contributed by atoms with E-state index < -0.39 is 0 Å². The first kappa shape index (κ1) is 31.3. The Balaban J connectivity index is 0.00000324. The van der Waals surface area contributed by atoms with Crippen LogP contribution in [0.15, 0.2) is 12.4 Å². The van der Waals surface area contributed by atoms with Crippen LogP contribution in [0.3, 0.4) is 0 Å². The molecule has 1 aliphatic heterocycles. The minimum Gasteiger partial charge on any atom is -0.506 e. The first-order chi connectivity index (χ1) is 16.3. The summed E-state index contributed by atoms with van der Waals surface area (Å²) in [6, 6.07) is 0. The van der Waals surface area contributed by atoms with Gasteiger partial charge < -0.3 is 20.0 Å². The average molecular weight is 570 g/mol. The van der Waals surface area contributed by atoms with Gasteiger partial charge in [0.15, 0.2) is 0 Å². The molecular formula is C24H26Cl2N4O4S2. The molecule has 1 saturated heterocycles. The summed E-state index contributed by atoms with van der Waals surface area (Å²) in [7, 11) is 0. The van der Waals surface area contributed by atoms with E-state index in [0.717, 1.165) is 23.5 Å². The van der Waals surface area contributed by atoms with Crippen molar-refractivity contribution in [1.82, 2.24) is 19.8 Å². The summed E-state index contributed by atoms with van der Waals surface area (Å²) >= 11 is 2.11. The van der Waals surface area contributed by atoms with E-state index in [2.05, 4.69) is 21.8 Å². The molecule has 0 atom stereocenters. The van der Waals surface area contributed by atoms with Crippen molar-refractivity contribution in [1.29, 1.82) is 0 Å². The maximum Gasteiger partial charge on any atom is 0.282 e. The number of aryl methyl sites for hydroxylation is 2. The Hall–Kier alpha value is -2.76. The molecule has 0 unspecified atom stereocenters. The summed E-state index contributed by atoms with van der Waals surface area (Å²) in [4.78, 5) is 36.8. The van der Waals surface area contributed by atoms with Gasteiger partial charge in [0.25, 0.3) is 10.5 Å². The minimum absolute atomic E-state index is 0. The highest BCUT2D eigenvalue weighted by Gasteiger charge is 2.26. The van der Waals surface area contributed by atoms with Crippen LogP contribution in [0.25, 0.3) is 0 Å². The molecule has 8 nitrogen and oxygen atoms in total. The first-order valence-electron chi connectivity index (χ1n) is 10.4. The van der Waals surface area contributed by atoms with Gasteiger partial charge in [0.1, 0.15) is 11.5 Å². The van der Waals surface area contributed by atoms with Crippen LogP contribution in [0.4, 0.5) is 9.59 Å². The number of terminal acetylenes is 2. The minimum atomic E-state index is -0.146. The lowest BCUT2D eigenvalue weighted by atomic mass is 10.1. The van der Waals surface area contributed by atoms with Crippen molar-refractivity contribution in [2.24, 2.45) is 0 Å². The third kappa shape index (κ3) is 7.14. The Kier molecular flexibility index (Phi) is 12.2. The lowest BCUT2D eigenvalue weighted by molar-refractivity contribution is 0.168. The van der Waals surface area contributed by atoms with Crippen molar-refractivity contribution < 1.29 is 19.8 Å². The molecule has 2 amide bonds. The zero-order chi connectivity index (χ0) is 24.8. The number of aromatic nitrogens is 2. The van der Waals surface area contributed by atoms with Crippen molar-refractivity contribution in [3.8, 4) is 36.2 Å². The Morgan fingerprint density at radius 2 is 1.17 bits per heavy atom. The highest BCUT2D eigenvalue weighted by Crippen LogP contribution is 2.30. The molecule has 2 aromatic heterocycles. The van der Waals surface area contributed by atoms with Gasteiger partial charge in [-0.25, -0.2) is 0 Å². The van der Waals surface area contributed by atoms with Gasteiger partial charge in [0.05, 0.1) is 22.5 Å². The molecule has 0 aliphatic carbocycles. The number of aromatic hydroxyl groups is 2. The lowest BCUT2D eigenvalue weighted by Crippen LogP contribution is -2.48. The molecule has 3 rings (SSSR count). The van der Waals surface area contributed by atoms with Crippen LogP contribution in [0.1, 0.15) is 33.6 Å². The predicted octanol–water partition coefficient (Wildman–Crippen LogP) is 4.34. The third-order valence-electron chi connectivity index (χ3n) is 5.47. The number of halogens is 2. The van der Waals surface area contributed by atoms with Crippen LogP contribution < -0.4 is 0 Å². The van der Waals surface area contributed by atoms with Gasteiger partial charge in [0.2, 0.25) is 0 Å². The van der Waals surface area contributed by atoms with Gasteiger partial charge in [-0.05, 0) is 13.8 Å². The molecule has 2 N–H and O–H groups in total. The van der Waals surface area contributed by atoms with Crippen molar-refractivity contribution >= 4 is 58.8 Å². The highest BCUT2D eigenvalue weighted by molar-refractivity contribution is 8.13. The van der Waals surface area contributed by atoms with Gasteiger partial charge in [-0.3, -0.25) is 19.6 Å². The van der Waals surface area contributed by atoms with Crippen LogP contribution in [0.2, 0.25) is 0 Å². The highest BCUT2D eigenvalue weighted by atomic mass is 35.5. The molecule has 12 heteroatoms. The van der Waals surface area contributed by atoms with Crippen LogP contribution in [-0.2, 0) is 11.5 Å². The SMILES string of the molecule is C#Cc1cnc(C)c(O)c1CSC(=O)N1CCN(C(=O)SCc2c(C#C)cnc(C)c2O)CC1.Cl.Cl. The molecule has 1 aliphatic rings. The van der Waals surface area contributed by atoms with Crippen molar-refractivity contribution in [3.05, 3.63) is 46.0 Å². The standard InChI is InChI=1S/C24H24N4O4S2.2ClH/c1-5-17-11-25-15(3)21(29)19(17)13-33-23(31)27-7-9-28(10-8-27)24(32)34-14-20-18(6-2)12-26-16(4)22(20)30;;/h1-2,11-12,29-30H,7-10,13-14H2,3-4H3;2*1H. The van der Waals surface area contributed by atoms with E-state index >= 15 is 0 Å². The number of rotatable bonds is 4. The summed E-state index contributed by atoms with van der Waals surface area (Å²) in [5.41, 5.74) is 2.85. The van der Waals surface area contributed by atoms with Crippen LogP contribution >= 0.6 is 48.3 Å². The normalized spacial score (nSPS) is 12.6. The lowest BCUT2D eigenvalue weighted by Gasteiger charge is -2.34. The van der Waals surface area contributed by atoms with E-state index in [1.807, 2.05) is 0 Å². The number of carbonyl (C=O) groups excluding carboxylic acids is 2. The number of hydrogen-bond acceptors (Lipinski definition) is 8. The van der Waals surface area contributed by atoms with E-state index in [1.54, 1.807) is 23.6 Å². The fourth-order valence-electron chi connectivity index (χ4n) is 3.36. The van der Waals surface area contributed by atoms with Crippen LogP contribution in [-0.4, -0.2) is 66.6 Å². The topological polar surface area (TPSA) is 107 Å². The quantitative estimate of drug-likeness (QED) is 0.524. The smallest absolute Gasteiger partial charge is 0.282 e. The fourth-order valence-corrected chi connectivity index (χ4v) is 5.21. The largest absolute Gasteiger partial charge is 0.506 e. The second kappa shape index (κ2) is 14.1. The van der Waals surface area contributed by atoms with E-state index in [4.69, 9.17) is 12.8 Å².